The van der Waals surface area contributed by atoms with E-state index in [0.717, 1.165) is 36.9 Å². The van der Waals surface area contributed by atoms with Crippen LogP contribution in [0.5, 0.6) is 0 Å². The summed E-state index contributed by atoms with van der Waals surface area (Å²) < 4.78 is 13.8. The highest BCUT2D eigenvalue weighted by atomic mass is 19.1. The Balaban J connectivity index is 2.04. The van der Waals surface area contributed by atoms with Gasteiger partial charge in [0.15, 0.2) is 0 Å². The van der Waals surface area contributed by atoms with Crippen molar-refractivity contribution in [3.8, 4) is 0 Å². The number of benzene rings is 1. The van der Waals surface area contributed by atoms with Gasteiger partial charge in [-0.3, -0.25) is 9.78 Å². The van der Waals surface area contributed by atoms with Gasteiger partial charge in [0.1, 0.15) is 5.82 Å². The Morgan fingerprint density at radius 1 is 1.33 bits per heavy atom. The van der Waals surface area contributed by atoms with Crippen molar-refractivity contribution in [3.05, 3.63) is 40.8 Å². The van der Waals surface area contributed by atoms with Crippen molar-refractivity contribution in [2.45, 2.75) is 58.9 Å². The smallest absolute Gasteiger partial charge is 0.252 e. The fourth-order valence-electron chi connectivity index (χ4n) is 3.79. The molecule has 3 rings (SSSR count). The lowest BCUT2D eigenvalue weighted by atomic mass is 9.85. The second-order valence-electron chi connectivity index (χ2n) is 6.92. The highest BCUT2D eigenvalue weighted by Gasteiger charge is 2.25. The molecule has 0 radical (unpaired) electrons. The van der Waals surface area contributed by atoms with Crippen LogP contribution in [0.3, 0.4) is 0 Å². The number of aryl methyl sites for hydroxylation is 1. The van der Waals surface area contributed by atoms with Gasteiger partial charge in [-0.05, 0) is 55.9 Å². The van der Waals surface area contributed by atoms with E-state index in [2.05, 4.69) is 17.2 Å². The maximum absolute atomic E-state index is 13.8. The van der Waals surface area contributed by atoms with Crippen LogP contribution in [0.15, 0.2) is 18.2 Å². The Hall–Kier alpha value is -1.97. The molecule has 2 aromatic rings. The Morgan fingerprint density at radius 3 is 2.79 bits per heavy atom. The third kappa shape index (κ3) is 3.14. The third-order valence-electron chi connectivity index (χ3n) is 5.28. The number of rotatable bonds is 3. The van der Waals surface area contributed by atoms with Gasteiger partial charge in [-0.2, -0.15) is 0 Å². The summed E-state index contributed by atoms with van der Waals surface area (Å²) in [6, 6.07) is 4.68. The van der Waals surface area contributed by atoms with Gasteiger partial charge in [0.05, 0.1) is 11.1 Å². The minimum absolute atomic E-state index is 0.0982. The van der Waals surface area contributed by atoms with Crippen LogP contribution in [0.25, 0.3) is 10.9 Å². The maximum atomic E-state index is 13.8. The molecular formula is C20H25FN2O. The molecule has 0 bridgehead atoms. The molecule has 3 nitrogen and oxygen atoms in total. The topological polar surface area (TPSA) is 42.0 Å². The molecule has 0 spiro atoms. The van der Waals surface area contributed by atoms with Gasteiger partial charge in [0.25, 0.3) is 5.91 Å². The second kappa shape index (κ2) is 6.88. The largest absolute Gasteiger partial charge is 0.349 e. The average molecular weight is 328 g/mol. The van der Waals surface area contributed by atoms with E-state index < -0.39 is 0 Å². The van der Waals surface area contributed by atoms with E-state index in [9.17, 15) is 9.18 Å². The Morgan fingerprint density at radius 2 is 2.08 bits per heavy atom. The van der Waals surface area contributed by atoms with Crippen molar-refractivity contribution >= 4 is 16.8 Å². The fraction of sp³-hybridized carbons (Fsp3) is 0.500. The zero-order valence-electron chi connectivity index (χ0n) is 14.7. The SMILES string of the molecule is CCc1nc2ccc(F)cc2c(C(=O)N[C@H]2CCCC[C@H]2C)c1C. The fourth-order valence-corrected chi connectivity index (χ4v) is 3.79. The van der Waals surface area contributed by atoms with Gasteiger partial charge in [0, 0.05) is 17.1 Å². The van der Waals surface area contributed by atoms with Gasteiger partial charge in [-0.25, -0.2) is 4.39 Å². The van der Waals surface area contributed by atoms with E-state index in [-0.39, 0.29) is 17.8 Å². The van der Waals surface area contributed by atoms with Crippen molar-refractivity contribution in [1.82, 2.24) is 10.3 Å². The molecular weight excluding hydrogens is 303 g/mol. The number of hydrogen-bond acceptors (Lipinski definition) is 2. The van der Waals surface area contributed by atoms with E-state index in [1.54, 1.807) is 6.07 Å². The molecule has 0 aliphatic heterocycles. The average Bonchev–Trinajstić information content (AvgIpc) is 2.56. The van der Waals surface area contributed by atoms with E-state index >= 15 is 0 Å². The van der Waals surface area contributed by atoms with Gasteiger partial charge in [-0.15, -0.1) is 0 Å². The number of fused-ring (bicyclic) bond motifs is 1. The summed E-state index contributed by atoms with van der Waals surface area (Å²) in [5.41, 5.74) is 3.02. The molecule has 0 saturated heterocycles. The van der Waals surface area contributed by atoms with Crippen LogP contribution in [-0.4, -0.2) is 16.9 Å². The lowest BCUT2D eigenvalue weighted by molar-refractivity contribution is 0.0911. The number of carbonyl (C=O) groups excluding carboxylic acids is 1. The molecule has 1 heterocycles. The number of pyridine rings is 1. The molecule has 1 saturated carbocycles. The minimum atomic E-state index is -0.340. The van der Waals surface area contributed by atoms with Crippen molar-refractivity contribution in [2.24, 2.45) is 5.92 Å². The monoisotopic (exact) mass is 328 g/mol. The van der Waals surface area contributed by atoms with Gasteiger partial charge >= 0.3 is 0 Å². The molecule has 2 atom stereocenters. The first-order valence-electron chi connectivity index (χ1n) is 8.90. The molecule has 1 fully saturated rings. The Labute approximate surface area is 142 Å². The van der Waals surface area contributed by atoms with Crippen molar-refractivity contribution < 1.29 is 9.18 Å². The first-order valence-corrected chi connectivity index (χ1v) is 8.90. The highest BCUT2D eigenvalue weighted by molar-refractivity contribution is 6.07. The summed E-state index contributed by atoms with van der Waals surface area (Å²) in [4.78, 5) is 17.6. The van der Waals surface area contributed by atoms with Crippen LogP contribution in [0.2, 0.25) is 0 Å². The van der Waals surface area contributed by atoms with E-state index in [0.29, 0.717) is 22.4 Å². The molecule has 1 amide bonds. The predicted molar refractivity (Wildman–Crippen MR) is 94.7 cm³/mol. The first-order chi connectivity index (χ1) is 11.5. The molecule has 128 valence electrons. The number of nitrogens with one attached hydrogen (secondary N) is 1. The lowest BCUT2D eigenvalue weighted by Crippen LogP contribution is -2.41. The number of carbonyl (C=O) groups is 1. The summed E-state index contributed by atoms with van der Waals surface area (Å²) in [5.74, 6) is 0.0467. The zero-order valence-corrected chi connectivity index (χ0v) is 14.7. The van der Waals surface area contributed by atoms with Crippen LogP contribution in [0.4, 0.5) is 4.39 Å². The first kappa shape index (κ1) is 16.9. The third-order valence-corrected chi connectivity index (χ3v) is 5.28. The van der Waals surface area contributed by atoms with Gasteiger partial charge < -0.3 is 5.32 Å². The standard InChI is InChI=1S/C20H25FN2O/c1-4-16-13(3)19(15-11-14(21)9-10-18(15)22-16)20(24)23-17-8-6-5-7-12(17)2/h9-12,17H,4-8H2,1-3H3,(H,23,24)/t12-,17+/m1/s1. The summed E-state index contributed by atoms with van der Waals surface area (Å²) in [7, 11) is 0. The molecule has 1 aromatic heterocycles. The maximum Gasteiger partial charge on any atom is 0.252 e. The quantitative estimate of drug-likeness (QED) is 0.898. The van der Waals surface area contributed by atoms with Crippen LogP contribution in [0.1, 0.15) is 61.1 Å². The Bertz CT molecular complexity index is 772. The molecule has 1 aliphatic carbocycles. The van der Waals surface area contributed by atoms with Crippen molar-refractivity contribution in [2.75, 3.05) is 0 Å². The van der Waals surface area contributed by atoms with Crippen LogP contribution in [-0.2, 0) is 6.42 Å². The normalized spacial score (nSPS) is 21.0. The number of nitrogens with zero attached hydrogens (tertiary/aromatic N) is 1. The van der Waals surface area contributed by atoms with Gasteiger partial charge in [0.2, 0.25) is 0 Å². The summed E-state index contributed by atoms with van der Waals surface area (Å²) >= 11 is 0. The molecule has 1 N–H and O–H groups in total. The van der Waals surface area contributed by atoms with Crippen LogP contribution >= 0.6 is 0 Å². The van der Waals surface area contributed by atoms with E-state index in [4.69, 9.17) is 0 Å². The number of aromatic nitrogens is 1. The molecule has 1 aromatic carbocycles. The molecule has 1 aliphatic rings. The van der Waals surface area contributed by atoms with Crippen molar-refractivity contribution in [1.29, 1.82) is 0 Å². The molecule has 0 unspecified atom stereocenters. The second-order valence-corrected chi connectivity index (χ2v) is 6.92. The molecule has 24 heavy (non-hydrogen) atoms. The van der Waals surface area contributed by atoms with E-state index in [1.165, 1.54) is 18.6 Å². The highest BCUT2D eigenvalue weighted by Crippen LogP contribution is 2.27. The van der Waals surface area contributed by atoms with Gasteiger partial charge in [-0.1, -0.05) is 26.7 Å². The van der Waals surface area contributed by atoms with Crippen molar-refractivity contribution in [3.63, 3.8) is 0 Å². The minimum Gasteiger partial charge on any atom is -0.349 e. The number of hydrogen-bond donors (Lipinski definition) is 1. The van der Waals surface area contributed by atoms with Crippen LogP contribution < -0.4 is 5.32 Å². The Kier molecular flexibility index (Phi) is 4.83. The summed E-state index contributed by atoms with van der Waals surface area (Å²) in [6.45, 7) is 6.13. The summed E-state index contributed by atoms with van der Waals surface area (Å²) in [6.07, 6.45) is 5.30. The number of halogens is 1. The predicted octanol–water partition coefficient (Wildman–Crippen LogP) is 4.55. The van der Waals surface area contributed by atoms with Crippen LogP contribution in [0, 0.1) is 18.7 Å². The van der Waals surface area contributed by atoms with E-state index in [1.807, 2.05) is 13.8 Å². The summed E-state index contributed by atoms with van der Waals surface area (Å²) in [5, 5.41) is 3.80. The lowest BCUT2D eigenvalue weighted by Gasteiger charge is -2.30. The number of amides is 1. The molecule has 4 heteroatoms. The zero-order chi connectivity index (χ0) is 17.3.